The zero-order valence-electron chi connectivity index (χ0n) is 17.2. The topological polar surface area (TPSA) is 103 Å². The van der Waals surface area contributed by atoms with Crippen molar-refractivity contribution in [1.82, 2.24) is 0 Å². The highest BCUT2D eigenvalue weighted by Gasteiger charge is 2.22. The van der Waals surface area contributed by atoms with E-state index >= 15 is 0 Å². The Morgan fingerprint density at radius 2 is 1.45 bits per heavy atom. The number of anilines is 3. The van der Waals surface area contributed by atoms with Gasteiger partial charge in [-0.3, -0.25) is 4.79 Å². The van der Waals surface area contributed by atoms with Crippen molar-refractivity contribution in [3.63, 3.8) is 0 Å². The lowest BCUT2D eigenvalue weighted by molar-refractivity contribution is -0.115. The second-order valence-corrected chi connectivity index (χ2v) is 5.98. The summed E-state index contributed by atoms with van der Waals surface area (Å²) < 4.78 is 17.0. The molecule has 0 aromatic heterocycles. The molecule has 0 atom stereocenters. The number of nitrogens with one attached hydrogen (secondary N) is 1. The molecule has 0 aliphatic heterocycles. The van der Waals surface area contributed by atoms with Gasteiger partial charge < -0.3 is 25.3 Å². The second-order valence-electron chi connectivity index (χ2n) is 5.98. The quantitative estimate of drug-likeness (QED) is 0.647. The lowest BCUT2D eigenvalue weighted by Crippen LogP contribution is -2.38. The lowest BCUT2D eigenvalue weighted by Gasteiger charge is -2.21. The molecule has 0 unspecified atom stereocenters. The predicted octanol–water partition coefficient (Wildman–Crippen LogP) is 4.05. The molecule has 8 nitrogen and oxygen atoms in total. The van der Waals surface area contributed by atoms with Crippen LogP contribution in [0.1, 0.15) is 27.7 Å². The van der Waals surface area contributed by atoms with Crippen molar-refractivity contribution in [2.24, 2.45) is 0 Å². The van der Waals surface area contributed by atoms with Gasteiger partial charge in [0.25, 0.3) is 0 Å². The van der Waals surface area contributed by atoms with E-state index in [0.29, 0.717) is 54.1 Å². The van der Waals surface area contributed by atoms with Gasteiger partial charge in [0.1, 0.15) is 0 Å². The Kier molecular flexibility index (Phi) is 7.70. The number of nitrogen functional groups attached to an aromatic ring is 1. The third-order valence-electron chi connectivity index (χ3n) is 3.83. The highest BCUT2D eigenvalue weighted by atomic mass is 16.5. The van der Waals surface area contributed by atoms with Crippen molar-refractivity contribution in [3.8, 4) is 17.2 Å². The maximum absolute atomic E-state index is 12.8. The Morgan fingerprint density at radius 1 is 0.931 bits per heavy atom. The molecule has 3 N–H and O–H groups in total. The zero-order chi connectivity index (χ0) is 21.4. The minimum atomic E-state index is -0.615. The molecule has 0 heterocycles. The number of benzene rings is 2. The molecule has 0 fully saturated rings. The summed E-state index contributed by atoms with van der Waals surface area (Å²) >= 11 is 0. The first-order valence-electron chi connectivity index (χ1n) is 9.44. The number of nitrogens with two attached hydrogens (primary N) is 1. The van der Waals surface area contributed by atoms with E-state index in [1.165, 1.54) is 6.92 Å². The number of hydrogen-bond donors (Lipinski definition) is 2. The molecule has 29 heavy (non-hydrogen) atoms. The molecule has 2 aromatic carbocycles. The van der Waals surface area contributed by atoms with Gasteiger partial charge in [0.05, 0.1) is 31.2 Å². The average Bonchev–Trinajstić information content (AvgIpc) is 2.66. The molecule has 0 bridgehead atoms. The summed E-state index contributed by atoms with van der Waals surface area (Å²) in [5.41, 5.74) is 7.04. The number of urea groups is 1. The number of nitrogens with zero attached hydrogens (tertiary/aromatic N) is 1. The van der Waals surface area contributed by atoms with Gasteiger partial charge in [-0.15, -0.1) is 0 Å². The predicted molar refractivity (Wildman–Crippen MR) is 113 cm³/mol. The van der Waals surface area contributed by atoms with Crippen LogP contribution in [0.5, 0.6) is 17.2 Å². The van der Waals surface area contributed by atoms with Crippen molar-refractivity contribution in [3.05, 3.63) is 36.4 Å². The largest absolute Gasteiger partial charge is 0.490 e. The lowest BCUT2D eigenvalue weighted by atomic mass is 10.2. The van der Waals surface area contributed by atoms with Crippen molar-refractivity contribution >= 4 is 29.0 Å². The number of hydrogen-bond acceptors (Lipinski definition) is 6. The van der Waals surface area contributed by atoms with Crippen LogP contribution in [0.4, 0.5) is 21.9 Å². The second kappa shape index (κ2) is 10.2. The fraction of sp³-hybridized carbons (Fsp3) is 0.333. The van der Waals surface area contributed by atoms with Gasteiger partial charge in [-0.05, 0) is 45.0 Å². The number of carbonyl (C=O) groups excluding carboxylic acids is 2. The van der Waals surface area contributed by atoms with E-state index < -0.39 is 11.9 Å². The van der Waals surface area contributed by atoms with E-state index in [1.54, 1.807) is 36.4 Å². The molecule has 156 valence electrons. The van der Waals surface area contributed by atoms with E-state index in [-0.39, 0.29) is 0 Å². The van der Waals surface area contributed by atoms with Gasteiger partial charge in [-0.2, -0.15) is 0 Å². The summed E-state index contributed by atoms with van der Waals surface area (Å²) in [5, 5.41) is 2.72. The number of imide groups is 1. The van der Waals surface area contributed by atoms with Crippen molar-refractivity contribution < 1.29 is 23.8 Å². The monoisotopic (exact) mass is 401 g/mol. The highest BCUT2D eigenvalue weighted by Crippen LogP contribution is 2.41. The van der Waals surface area contributed by atoms with Crippen LogP contribution >= 0.6 is 0 Å². The van der Waals surface area contributed by atoms with Gasteiger partial charge in [0.2, 0.25) is 11.7 Å². The van der Waals surface area contributed by atoms with Crippen LogP contribution in [-0.2, 0) is 4.79 Å². The molecule has 3 amide bonds. The zero-order valence-corrected chi connectivity index (χ0v) is 17.2. The van der Waals surface area contributed by atoms with Crippen LogP contribution in [0.15, 0.2) is 36.4 Å². The first-order chi connectivity index (χ1) is 13.9. The fourth-order valence-corrected chi connectivity index (χ4v) is 2.71. The van der Waals surface area contributed by atoms with Crippen molar-refractivity contribution in [1.29, 1.82) is 0 Å². The normalized spacial score (nSPS) is 10.2. The third-order valence-corrected chi connectivity index (χ3v) is 3.83. The molecule has 0 aliphatic rings. The number of ether oxygens (including phenoxy) is 3. The highest BCUT2D eigenvalue weighted by molar-refractivity contribution is 6.17. The number of carbonyl (C=O) groups is 2. The summed E-state index contributed by atoms with van der Waals surface area (Å²) in [7, 11) is 0. The molecule has 2 aromatic rings. The van der Waals surface area contributed by atoms with Gasteiger partial charge in [0, 0.05) is 24.7 Å². The number of amides is 3. The van der Waals surface area contributed by atoms with Crippen LogP contribution in [0, 0.1) is 0 Å². The summed E-state index contributed by atoms with van der Waals surface area (Å²) in [4.78, 5) is 26.0. The van der Waals surface area contributed by atoms with Crippen LogP contribution in [0.3, 0.4) is 0 Å². The van der Waals surface area contributed by atoms with Crippen LogP contribution < -0.4 is 30.2 Å². The van der Waals surface area contributed by atoms with Crippen LogP contribution in [0.25, 0.3) is 0 Å². The molecule has 2 rings (SSSR count). The standard InChI is InChI=1S/C21H27N3O5/c1-5-27-18-12-16(13-19(28-6-2)20(18)29-7-3)23-21(26)24(14(4)25)17-10-8-15(22)9-11-17/h8-13H,5-7,22H2,1-4H3,(H,23,26). The van der Waals surface area contributed by atoms with Gasteiger partial charge in [-0.1, -0.05) is 0 Å². The Balaban J connectivity index is 2.38. The molecule has 0 saturated carbocycles. The SMILES string of the molecule is CCOc1cc(NC(=O)N(C(C)=O)c2ccc(N)cc2)cc(OCC)c1OCC. The molecule has 0 aliphatic carbocycles. The van der Waals surface area contributed by atoms with Crippen LogP contribution in [0.2, 0.25) is 0 Å². The molecular formula is C21H27N3O5. The van der Waals surface area contributed by atoms with E-state index in [1.807, 2.05) is 20.8 Å². The van der Waals surface area contributed by atoms with E-state index in [0.717, 1.165) is 4.90 Å². The molecule has 0 saturated heterocycles. The van der Waals surface area contributed by atoms with Gasteiger partial charge >= 0.3 is 6.03 Å². The third kappa shape index (κ3) is 5.54. The Morgan fingerprint density at radius 3 is 1.90 bits per heavy atom. The molecule has 0 radical (unpaired) electrons. The van der Waals surface area contributed by atoms with Crippen LogP contribution in [-0.4, -0.2) is 31.8 Å². The van der Waals surface area contributed by atoms with E-state index in [2.05, 4.69) is 5.32 Å². The van der Waals surface area contributed by atoms with Crippen molar-refractivity contribution in [2.75, 3.05) is 35.8 Å². The smallest absolute Gasteiger partial charge is 0.333 e. The number of rotatable bonds is 8. The van der Waals surface area contributed by atoms with E-state index in [9.17, 15) is 9.59 Å². The van der Waals surface area contributed by atoms with Crippen molar-refractivity contribution in [2.45, 2.75) is 27.7 Å². The first kappa shape index (κ1) is 21.9. The average molecular weight is 401 g/mol. The first-order valence-corrected chi connectivity index (χ1v) is 9.44. The Bertz CT molecular complexity index is 825. The Labute approximate surface area is 170 Å². The minimum Gasteiger partial charge on any atom is -0.490 e. The maximum Gasteiger partial charge on any atom is 0.333 e. The molecular weight excluding hydrogens is 374 g/mol. The summed E-state index contributed by atoms with van der Waals surface area (Å²) in [6, 6.07) is 9.10. The van der Waals surface area contributed by atoms with Gasteiger partial charge in [-0.25, -0.2) is 9.69 Å². The molecule has 8 heteroatoms. The Hall–Kier alpha value is -3.42. The fourth-order valence-electron chi connectivity index (χ4n) is 2.71. The molecule has 0 spiro atoms. The summed E-state index contributed by atoms with van der Waals surface area (Å²) in [6.07, 6.45) is 0. The maximum atomic E-state index is 12.8. The minimum absolute atomic E-state index is 0.408. The summed E-state index contributed by atoms with van der Waals surface area (Å²) in [5.74, 6) is 0.916. The van der Waals surface area contributed by atoms with Gasteiger partial charge in [0.15, 0.2) is 11.5 Å². The summed E-state index contributed by atoms with van der Waals surface area (Å²) in [6.45, 7) is 8.12. The van der Waals surface area contributed by atoms with E-state index in [4.69, 9.17) is 19.9 Å².